The number of nitrogens with zero attached hydrogens (tertiary/aromatic N) is 2. The van der Waals surface area contributed by atoms with Crippen molar-refractivity contribution in [2.45, 2.75) is 84.7 Å². The Morgan fingerprint density at radius 3 is 2.70 bits per heavy atom. The summed E-state index contributed by atoms with van der Waals surface area (Å²) in [6.45, 7) is 12.7. The molecule has 5 nitrogen and oxygen atoms in total. The van der Waals surface area contributed by atoms with Gasteiger partial charge < -0.3 is 9.47 Å². The number of aliphatic imine (C=N–C) groups is 1. The molecule has 0 radical (unpaired) electrons. The van der Waals surface area contributed by atoms with E-state index in [0.29, 0.717) is 10.8 Å². The average Bonchev–Trinajstić information content (AvgIpc) is 3.13. The Labute approximate surface area is 200 Å². The third kappa shape index (κ3) is 4.45. The lowest BCUT2D eigenvalue weighted by atomic mass is 9.48. The molecule has 3 saturated carbocycles. The number of morpholine rings is 1. The maximum atomic E-state index is 11.5. The molecule has 1 heterocycles. The van der Waals surface area contributed by atoms with Gasteiger partial charge in [-0.3, -0.25) is 14.7 Å². The first kappa shape index (κ1) is 23.5. The van der Waals surface area contributed by atoms with Gasteiger partial charge in [-0.15, -0.1) is 0 Å². The van der Waals surface area contributed by atoms with E-state index in [-0.39, 0.29) is 12.1 Å². The second kappa shape index (κ2) is 9.45. The van der Waals surface area contributed by atoms with Crippen molar-refractivity contribution in [1.29, 1.82) is 0 Å². The number of fused-ring (bicyclic) bond motifs is 5. The van der Waals surface area contributed by atoms with Crippen molar-refractivity contribution in [3.8, 4) is 0 Å². The molecular formula is C28H44N2O3. The molecule has 0 aromatic rings. The van der Waals surface area contributed by atoms with Gasteiger partial charge in [0, 0.05) is 50.7 Å². The van der Waals surface area contributed by atoms with Gasteiger partial charge in [0.15, 0.2) is 0 Å². The zero-order valence-electron chi connectivity index (χ0n) is 21.1. The smallest absolute Gasteiger partial charge is 0.302 e. The van der Waals surface area contributed by atoms with Gasteiger partial charge >= 0.3 is 5.97 Å². The van der Waals surface area contributed by atoms with Crippen molar-refractivity contribution in [1.82, 2.24) is 4.90 Å². The summed E-state index contributed by atoms with van der Waals surface area (Å²) in [6, 6.07) is 0. The van der Waals surface area contributed by atoms with Gasteiger partial charge in [-0.1, -0.05) is 25.5 Å². The third-order valence-electron chi connectivity index (χ3n) is 10.2. The Morgan fingerprint density at radius 2 is 1.91 bits per heavy atom. The third-order valence-corrected chi connectivity index (χ3v) is 10.2. The molecular weight excluding hydrogens is 412 g/mol. The van der Waals surface area contributed by atoms with Crippen LogP contribution in [0.25, 0.3) is 0 Å². The molecule has 4 fully saturated rings. The first-order valence-corrected chi connectivity index (χ1v) is 13.6. The molecule has 0 N–H and O–H groups in total. The van der Waals surface area contributed by atoms with E-state index in [1.807, 2.05) is 0 Å². The zero-order chi connectivity index (χ0) is 23.1. The van der Waals surface area contributed by atoms with Gasteiger partial charge in [-0.25, -0.2) is 0 Å². The Hall–Kier alpha value is -1.20. The highest BCUT2D eigenvalue weighted by molar-refractivity contribution is 5.92. The van der Waals surface area contributed by atoms with Gasteiger partial charge in [-0.05, 0) is 74.5 Å². The number of allylic oxidation sites excluding steroid dienone is 1. The highest BCUT2D eigenvalue weighted by atomic mass is 16.5. The van der Waals surface area contributed by atoms with Gasteiger partial charge in [-0.2, -0.15) is 0 Å². The van der Waals surface area contributed by atoms with Crippen LogP contribution < -0.4 is 0 Å². The van der Waals surface area contributed by atoms with Crippen molar-refractivity contribution in [2.24, 2.45) is 33.6 Å². The summed E-state index contributed by atoms with van der Waals surface area (Å²) in [6.07, 6.45) is 13.4. The summed E-state index contributed by atoms with van der Waals surface area (Å²) in [7, 11) is 0. The molecule has 184 valence electrons. The summed E-state index contributed by atoms with van der Waals surface area (Å²) in [5.74, 6) is 2.24. The Morgan fingerprint density at radius 1 is 1.15 bits per heavy atom. The van der Waals surface area contributed by atoms with Gasteiger partial charge in [0.2, 0.25) is 0 Å². The van der Waals surface area contributed by atoms with Crippen molar-refractivity contribution in [2.75, 3.05) is 39.4 Å². The van der Waals surface area contributed by atoms with Crippen LogP contribution >= 0.6 is 0 Å². The van der Waals surface area contributed by atoms with Gasteiger partial charge in [0.1, 0.15) is 6.10 Å². The average molecular weight is 457 g/mol. The molecule has 1 saturated heterocycles. The SMILES string of the molecule is CC(=O)O[C@@H]1CC[C@@]2(C)C(=CC[C@@H]3[C@@H]2CC[C@]2(C)C(=NCCCN4CCOCC4)CC[C@@H]32)C1. The fourth-order valence-electron chi connectivity index (χ4n) is 8.34. The van der Waals surface area contributed by atoms with Crippen molar-refractivity contribution in [3.05, 3.63) is 11.6 Å². The molecule has 0 spiro atoms. The van der Waals surface area contributed by atoms with Crippen LogP contribution in [0, 0.1) is 28.6 Å². The first-order chi connectivity index (χ1) is 15.9. The van der Waals surface area contributed by atoms with Crippen LogP contribution in [0.15, 0.2) is 16.6 Å². The van der Waals surface area contributed by atoms with Crippen LogP contribution in [0.3, 0.4) is 0 Å². The molecule has 5 aliphatic rings. The first-order valence-electron chi connectivity index (χ1n) is 13.6. The predicted octanol–water partition coefficient (Wildman–Crippen LogP) is 5.04. The summed E-state index contributed by atoms with van der Waals surface area (Å²) in [5.41, 5.74) is 3.74. The Kier molecular flexibility index (Phi) is 6.74. The maximum absolute atomic E-state index is 11.5. The molecule has 5 heteroatoms. The van der Waals surface area contributed by atoms with E-state index in [2.05, 4.69) is 24.8 Å². The highest BCUT2D eigenvalue weighted by Crippen LogP contribution is 2.64. The second-order valence-corrected chi connectivity index (χ2v) is 11.9. The quantitative estimate of drug-likeness (QED) is 0.330. The highest BCUT2D eigenvalue weighted by Gasteiger charge is 2.57. The topological polar surface area (TPSA) is 51.1 Å². The summed E-state index contributed by atoms with van der Waals surface area (Å²) >= 11 is 0. The molecule has 33 heavy (non-hydrogen) atoms. The minimum absolute atomic E-state index is 0.0925. The van der Waals surface area contributed by atoms with Crippen LogP contribution in [-0.2, 0) is 14.3 Å². The van der Waals surface area contributed by atoms with Crippen LogP contribution in [-0.4, -0.2) is 62.1 Å². The number of hydrogen-bond donors (Lipinski definition) is 0. The fraction of sp³-hybridized carbons (Fsp3) is 0.857. The van der Waals surface area contributed by atoms with E-state index in [4.69, 9.17) is 14.5 Å². The van der Waals surface area contributed by atoms with Crippen molar-refractivity contribution in [3.63, 3.8) is 0 Å². The number of rotatable bonds is 5. The number of carbonyl (C=O) groups excluding carboxylic acids is 1. The molecule has 6 atom stereocenters. The molecule has 4 aliphatic carbocycles. The maximum Gasteiger partial charge on any atom is 0.302 e. The molecule has 5 rings (SSSR count). The van der Waals surface area contributed by atoms with Crippen LogP contribution in [0.1, 0.15) is 78.6 Å². The molecule has 0 unspecified atom stereocenters. The van der Waals surface area contributed by atoms with E-state index in [1.54, 1.807) is 12.5 Å². The zero-order valence-corrected chi connectivity index (χ0v) is 21.1. The lowest BCUT2D eigenvalue weighted by molar-refractivity contribution is -0.148. The van der Waals surface area contributed by atoms with E-state index in [0.717, 1.165) is 70.0 Å². The summed E-state index contributed by atoms with van der Waals surface area (Å²) < 4.78 is 11.1. The van der Waals surface area contributed by atoms with Gasteiger partial charge in [0.25, 0.3) is 0 Å². The normalized spacial score (nSPS) is 42.3. The molecule has 0 bridgehead atoms. The number of ether oxygens (including phenoxy) is 2. The molecule has 0 aromatic carbocycles. The van der Waals surface area contributed by atoms with E-state index >= 15 is 0 Å². The fourth-order valence-corrected chi connectivity index (χ4v) is 8.34. The molecule has 0 aromatic heterocycles. The lowest BCUT2D eigenvalue weighted by Crippen LogP contribution is -2.50. The minimum atomic E-state index is -0.131. The largest absolute Gasteiger partial charge is 0.462 e. The number of carbonyl (C=O) groups is 1. The lowest BCUT2D eigenvalue weighted by Gasteiger charge is -2.57. The van der Waals surface area contributed by atoms with Crippen LogP contribution in [0.5, 0.6) is 0 Å². The molecule has 0 amide bonds. The minimum Gasteiger partial charge on any atom is -0.462 e. The number of hydrogen-bond acceptors (Lipinski definition) is 5. The number of esters is 1. The van der Waals surface area contributed by atoms with E-state index in [1.165, 1.54) is 50.7 Å². The predicted molar refractivity (Wildman–Crippen MR) is 131 cm³/mol. The standard InChI is InChI=1S/C28H44N2O3/c1-20(31)33-22-9-11-27(2)21(19-22)5-6-23-24-7-8-26(28(24,3)12-10-25(23)27)29-13-4-14-30-15-17-32-18-16-30/h5,22-25H,4,6-19H2,1-3H3/t22-,23+,24+,25+,27+,28+/m1/s1. The van der Waals surface area contributed by atoms with Crippen molar-refractivity contribution < 1.29 is 14.3 Å². The van der Waals surface area contributed by atoms with E-state index in [9.17, 15) is 4.79 Å². The summed E-state index contributed by atoms with van der Waals surface area (Å²) in [5, 5.41) is 0. The van der Waals surface area contributed by atoms with Crippen LogP contribution in [0.4, 0.5) is 0 Å². The van der Waals surface area contributed by atoms with Crippen LogP contribution in [0.2, 0.25) is 0 Å². The van der Waals surface area contributed by atoms with Gasteiger partial charge in [0.05, 0.1) is 13.2 Å². The van der Waals surface area contributed by atoms with E-state index < -0.39 is 0 Å². The summed E-state index contributed by atoms with van der Waals surface area (Å²) in [4.78, 5) is 19.2. The Bertz CT molecular complexity index is 801. The Balaban J connectivity index is 1.23. The van der Waals surface area contributed by atoms with Crippen molar-refractivity contribution >= 4 is 11.7 Å². The monoisotopic (exact) mass is 456 g/mol. The second-order valence-electron chi connectivity index (χ2n) is 11.9. The molecule has 1 aliphatic heterocycles.